The Morgan fingerprint density at radius 3 is 2.43 bits per heavy atom. The Bertz CT molecular complexity index is 181. The molecule has 1 fully saturated rings. The summed E-state index contributed by atoms with van der Waals surface area (Å²) in [5.41, 5.74) is 11.4. The maximum Gasteiger partial charge on any atom is 0.239 e. The van der Waals surface area contributed by atoms with Crippen molar-refractivity contribution in [3.63, 3.8) is 0 Å². The first-order valence-electron chi connectivity index (χ1n) is 4.95. The number of nitrogens with two attached hydrogens (primary N) is 2. The van der Waals surface area contributed by atoms with Gasteiger partial charge in [-0.1, -0.05) is 6.92 Å². The van der Waals surface area contributed by atoms with Crippen molar-refractivity contribution in [2.45, 2.75) is 38.3 Å². The molecule has 0 aromatic rings. The molecule has 0 aliphatic carbocycles. The van der Waals surface area contributed by atoms with Crippen LogP contribution in [0, 0.1) is 0 Å². The fraction of sp³-hybridized carbons (Fsp3) is 0.889. The summed E-state index contributed by atoms with van der Waals surface area (Å²) in [5, 5.41) is 0. The highest BCUT2D eigenvalue weighted by atomic mass is 35.5. The van der Waals surface area contributed by atoms with Gasteiger partial charge in [0, 0.05) is 19.1 Å². The Morgan fingerprint density at radius 2 is 2.00 bits per heavy atom. The Labute approximate surface area is 91.4 Å². The van der Waals surface area contributed by atoms with Gasteiger partial charge in [-0.05, 0) is 19.3 Å². The van der Waals surface area contributed by atoms with Gasteiger partial charge in [0.05, 0.1) is 6.04 Å². The molecule has 0 saturated carbocycles. The molecule has 1 saturated heterocycles. The predicted molar refractivity (Wildman–Crippen MR) is 59.3 cm³/mol. The van der Waals surface area contributed by atoms with E-state index in [-0.39, 0.29) is 30.4 Å². The second kappa shape index (κ2) is 6.22. The third-order valence-corrected chi connectivity index (χ3v) is 2.61. The average Bonchev–Trinajstić information content (AvgIpc) is 2.17. The lowest BCUT2D eigenvalue weighted by Crippen LogP contribution is -2.49. The maximum atomic E-state index is 11.6. The third kappa shape index (κ3) is 3.44. The monoisotopic (exact) mass is 221 g/mol. The number of amides is 1. The van der Waals surface area contributed by atoms with Crippen molar-refractivity contribution in [2.75, 3.05) is 13.1 Å². The molecule has 0 radical (unpaired) electrons. The van der Waals surface area contributed by atoms with Crippen LogP contribution in [-0.2, 0) is 4.79 Å². The van der Waals surface area contributed by atoms with E-state index in [1.807, 2.05) is 11.8 Å². The lowest BCUT2D eigenvalue weighted by atomic mass is 10.0. The summed E-state index contributed by atoms with van der Waals surface area (Å²) in [6.07, 6.45) is 2.52. The molecule has 0 bridgehead atoms. The molecule has 1 heterocycles. The number of carbonyl (C=O) groups excluding carboxylic acids is 1. The summed E-state index contributed by atoms with van der Waals surface area (Å²) in [6.45, 7) is 3.47. The molecule has 14 heavy (non-hydrogen) atoms. The molecule has 1 aliphatic rings. The summed E-state index contributed by atoms with van der Waals surface area (Å²) in [7, 11) is 0. The number of piperidine rings is 1. The smallest absolute Gasteiger partial charge is 0.239 e. The molecular weight excluding hydrogens is 202 g/mol. The quantitative estimate of drug-likeness (QED) is 0.695. The van der Waals surface area contributed by atoms with E-state index < -0.39 is 0 Å². The van der Waals surface area contributed by atoms with Crippen molar-refractivity contribution < 1.29 is 4.79 Å². The molecule has 4 N–H and O–H groups in total. The third-order valence-electron chi connectivity index (χ3n) is 2.61. The molecule has 1 aliphatic heterocycles. The summed E-state index contributed by atoms with van der Waals surface area (Å²) >= 11 is 0. The molecule has 1 atom stereocenters. The Hall–Kier alpha value is -0.320. The molecule has 1 rings (SSSR count). The van der Waals surface area contributed by atoms with E-state index in [0.29, 0.717) is 6.42 Å². The number of hydrogen-bond acceptors (Lipinski definition) is 3. The average molecular weight is 222 g/mol. The number of likely N-dealkylation sites (tertiary alicyclic amines) is 1. The number of nitrogens with zero attached hydrogens (tertiary/aromatic N) is 1. The van der Waals surface area contributed by atoms with Crippen molar-refractivity contribution in [3.8, 4) is 0 Å². The van der Waals surface area contributed by atoms with Crippen LogP contribution in [0.2, 0.25) is 0 Å². The standard InChI is InChI=1S/C9H19N3O.ClH/c1-2-8(11)9(13)12-5-3-7(10)4-6-12;/h7-8H,2-6,10-11H2,1H3;1H/t8-;/m1./s1. The summed E-state index contributed by atoms with van der Waals surface area (Å²) < 4.78 is 0. The van der Waals surface area contributed by atoms with Gasteiger partial charge >= 0.3 is 0 Å². The molecule has 0 spiro atoms. The van der Waals surface area contributed by atoms with Gasteiger partial charge in [-0.15, -0.1) is 12.4 Å². The van der Waals surface area contributed by atoms with Crippen LogP contribution in [0.4, 0.5) is 0 Å². The van der Waals surface area contributed by atoms with Gasteiger partial charge in [0.15, 0.2) is 0 Å². The van der Waals surface area contributed by atoms with E-state index in [4.69, 9.17) is 11.5 Å². The van der Waals surface area contributed by atoms with E-state index in [2.05, 4.69) is 0 Å². The lowest BCUT2D eigenvalue weighted by Gasteiger charge is -2.31. The number of halogens is 1. The molecule has 0 aromatic carbocycles. The molecule has 0 aromatic heterocycles. The minimum atomic E-state index is -0.325. The SMILES string of the molecule is CC[C@@H](N)C(=O)N1CCC(N)CC1.Cl. The van der Waals surface area contributed by atoms with E-state index in [1.165, 1.54) is 0 Å². The topological polar surface area (TPSA) is 72.4 Å². The van der Waals surface area contributed by atoms with Gasteiger partial charge in [0.2, 0.25) is 5.91 Å². The van der Waals surface area contributed by atoms with Gasteiger partial charge in [0.1, 0.15) is 0 Å². The van der Waals surface area contributed by atoms with Crippen molar-refractivity contribution in [1.29, 1.82) is 0 Å². The number of rotatable bonds is 2. The molecular formula is C9H20ClN3O. The van der Waals surface area contributed by atoms with E-state index in [9.17, 15) is 4.79 Å². The van der Waals surface area contributed by atoms with E-state index in [0.717, 1.165) is 25.9 Å². The molecule has 84 valence electrons. The van der Waals surface area contributed by atoms with E-state index >= 15 is 0 Å². The maximum absolute atomic E-state index is 11.6. The highest BCUT2D eigenvalue weighted by molar-refractivity contribution is 5.85. The summed E-state index contributed by atoms with van der Waals surface area (Å²) in [5.74, 6) is 0.0781. The zero-order chi connectivity index (χ0) is 9.84. The zero-order valence-corrected chi connectivity index (χ0v) is 9.43. The first kappa shape index (κ1) is 13.7. The van der Waals surface area contributed by atoms with Gasteiger partial charge in [-0.2, -0.15) is 0 Å². The van der Waals surface area contributed by atoms with E-state index in [1.54, 1.807) is 0 Å². The van der Waals surface area contributed by atoms with Crippen LogP contribution in [0.25, 0.3) is 0 Å². The minimum absolute atomic E-state index is 0. The van der Waals surface area contributed by atoms with Gasteiger partial charge < -0.3 is 16.4 Å². The predicted octanol–water partition coefficient (Wildman–Crippen LogP) is 0.0952. The van der Waals surface area contributed by atoms with Crippen LogP contribution in [0.3, 0.4) is 0 Å². The first-order chi connectivity index (χ1) is 6.15. The van der Waals surface area contributed by atoms with Crippen molar-refractivity contribution in [3.05, 3.63) is 0 Å². The summed E-state index contributed by atoms with van der Waals surface area (Å²) in [4.78, 5) is 13.4. The van der Waals surface area contributed by atoms with Crippen LogP contribution < -0.4 is 11.5 Å². The Kier molecular flexibility index (Phi) is 6.08. The van der Waals surface area contributed by atoms with Crippen LogP contribution >= 0.6 is 12.4 Å². The van der Waals surface area contributed by atoms with Crippen LogP contribution in [-0.4, -0.2) is 36.0 Å². The Balaban J connectivity index is 0.00000169. The fourth-order valence-corrected chi connectivity index (χ4v) is 1.53. The van der Waals surface area contributed by atoms with Crippen LogP contribution in [0.1, 0.15) is 26.2 Å². The van der Waals surface area contributed by atoms with Gasteiger partial charge in [0.25, 0.3) is 0 Å². The fourth-order valence-electron chi connectivity index (χ4n) is 1.53. The minimum Gasteiger partial charge on any atom is -0.341 e. The molecule has 0 unspecified atom stereocenters. The van der Waals surface area contributed by atoms with Gasteiger partial charge in [-0.3, -0.25) is 4.79 Å². The molecule has 1 amide bonds. The lowest BCUT2D eigenvalue weighted by molar-refractivity contribution is -0.133. The zero-order valence-electron chi connectivity index (χ0n) is 8.61. The highest BCUT2D eigenvalue weighted by Crippen LogP contribution is 2.09. The van der Waals surface area contributed by atoms with Crippen molar-refractivity contribution in [1.82, 2.24) is 4.90 Å². The largest absolute Gasteiger partial charge is 0.341 e. The number of hydrogen-bond donors (Lipinski definition) is 2. The van der Waals surface area contributed by atoms with Gasteiger partial charge in [-0.25, -0.2) is 0 Å². The first-order valence-corrected chi connectivity index (χ1v) is 4.95. The second-order valence-corrected chi connectivity index (χ2v) is 3.68. The Morgan fingerprint density at radius 1 is 1.50 bits per heavy atom. The summed E-state index contributed by atoms with van der Waals surface area (Å²) in [6, 6.07) is -0.0591. The highest BCUT2D eigenvalue weighted by Gasteiger charge is 2.23. The normalized spacial score (nSPS) is 20.1. The van der Waals surface area contributed by atoms with Crippen LogP contribution in [0.15, 0.2) is 0 Å². The van der Waals surface area contributed by atoms with Crippen molar-refractivity contribution >= 4 is 18.3 Å². The second-order valence-electron chi connectivity index (χ2n) is 3.68. The molecule has 5 heteroatoms. The number of carbonyl (C=O) groups is 1. The van der Waals surface area contributed by atoms with Crippen molar-refractivity contribution in [2.24, 2.45) is 11.5 Å². The molecule has 4 nitrogen and oxygen atoms in total. The van der Waals surface area contributed by atoms with Crippen LogP contribution in [0.5, 0.6) is 0 Å².